The average molecular weight is 400 g/mol. The standard InChI is InChI=1S/C22H33N5O2/c1-6-26(7-2)20(28)14-25-8-10-27(11-9-25)21-18(13-23)17-12-22(4,5)29-15-19(17)16(3)24-21/h6-12,14-15H2,1-5H3. The van der Waals surface area contributed by atoms with E-state index in [0.717, 1.165) is 68.3 Å². The lowest BCUT2D eigenvalue weighted by atomic mass is 9.88. The van der Waals surface area contributed by atoms with Crippen LogP contribution >= 0.6 is 0 Å². The second-order valence-corrected chi connectivity index (χ2v) is 8.52. The van der Waals surface area contributed by atoms with E-state index in [4.69, 9.17) is 9.72 Å². The Bertz CT molecular complexity index is 802. The number of nitriles is 1. The van der Waals surface area contributed by atoms with Crippen molar-refractivity contribution < 1.29 is 9.53 Å². The van der Waals surface area contributed by atoms with Crippen molar-refractivity contribution in [1.29, 1.82) is 5.26 Å². The summed E-state index contributed by atoms with van der Waals surface area (Å²) in [7, 11) is 0. The van der Waals surface area contributed by atoms with Gasteiger partial charge in [0, 0.05) is 56.9 Å². The van der Waals surface area contributed by atoms with Crippen LogP contribution in [0.15, 0.2) is 0 Å². The third kappa shape index (κ3) is 4.54. The first-order valence-electron chi connectivity index (χ1n) is 10.6. The Hall–Kier alpha value is -2.17. The minimum Gasteiger partial charge on any atom is -0.370 e. The highest BCUT2D eigenvalue weighted by atomic mass is 16.5. The summed E-state index contributed by atoms with van der Waals surface area (Å²) in [6.07, 6.45) is 0.722. The van der Waals surface area contributed by atoms with Crippen molar-refractivity contribution >= 4 is 11.7 Å². The van der Waals surface area contributed by atoms with E-state index < -0.39 is 0 Å². The number of ether oxygens (including phenoxy) is 1. The normalized spacial score (nSPS) is 18.8. The highest BCUT2D eigenvalue weighted by Crippen LogP contribution is 2.35. The monoisotopic (exact) mass is 399 g/mol. The van der Waals surface area contributed by atoms with Gasteiger partial charge >= 0.3 is 0 Å². The summed E-state index contributed by atoms with van der Waals surface area (Å²) in [5, 5.41) is 9.93. The van der Waals surface area contributed by atoms with Gasteiger partial charge in [0.2, 0.25) is 5.91 Å². The summed E-state index contributed by atoms with van der Waals surface area (Å²) >= 11 is 0. The zero-order valence-corrected chi connectivity index (χ0v) is 18.4. The number of aromatic nitrogens is 1. The van der Waals surface area contributed by atoms with Crippen LogP contribution in [0.25, 0.3) is 0 Å². The molecule has 29 heavy (non-hydrogen) atoms. The van der Waals surface area contributed by atoms with Crippen molar-refractivity contribution in [1.82, 2.24) is 14.8 Å². The lowest BCUT2D eigenvalue weighted by molar-refractivity contribution is -0.132. The van der Waals surface area contributed by atoms with Crippen LogP contribution in [0, 0.1) is 18.3 Å². The molecule has 1 saturated heterocycles. The van der Waals surface area contributed by atoms with Crippen LogP contribution in [0.2, 0.25) is 0 Å². The molecule has 0 radical (unpaired) electrons. The van der Waals surface area contributed by atoms with E-state index in [1.165, 1.54) is 0 Å². The molecule has 1 amide bonds. The van der Waals surface area contributed by atoms with Gasteiger partial charge in [-0.05, 0) is 40.2 Å². The Kier molecular flexibility index (Phi) is 6.45. The van der Waals surface area contributed by atoms with Crippen LogP contribution in [0.1, 0.15) is 50.1 Å². The summed E-state index contributed by atoms with van der Waals surface area (Å²) in [6, 6.07) is 2.43. The van der Waals surface area contributed by atoms with Crippen molar-refractivity contribution in [2.24, 2.45) is 0 Å². The first-order valence-corrected chi connectivity index (χ1v) is 10.6. The average Bonchev–Trinajstić information content (AvgIpc) is 2.68. The van der Waals surface area contributed by atoms with E-state index in [9.17, 15) is 10.1 Å². The maximum atomic E-state index is 12.4. The minimum absolute atomic E-state index is 0.186. The Balaban J connectivity index is 1.75. The van der Waals surface area contributed by atoms with Gasteiger partial charge in [-0.3, -0.25) is 9.69 Å². The summed E-state index contributed by atoms with van der Waals surface area (Å²) < 4.78 is 5.94. The van der Waals surface area contributed by atoms with Gasteiger partial charge < -0.3 is 14.5 Å². The number of anilines is 1. The molecule has 0 bridgehead atoms. The minimum atomic E-state index is -0.271. The Morgan fingerprint density at radius 2 is 1.86 bits per heavy atom. The largest absolute Gasteiger partial charge is 0.370 e. The van der Waals surface area contributed by atoms with E-state index >= 15 is 0 Å². The maximum absolute atomic E-state index is 12.4. The molecule has 0 aromatic carbocycles. The Labute approximate surface area is 174 Å². The number of fused-ring (bicyclic) bond motifs is 1. The molecule has 3 heterocycles. The van der Waals surface area contributed by atoms with Crippen molar-refractivity contribution in [3.63, 3.8) is 0 Å². The zero-order chi connectivity index (χ0) is 21.2. The molecule has 0 atom stereocenters. The topological polar surface area (TPSA) is 72.7 Å². The highest BCUT2D eigenvalue weighted by molar-refractivity contribution is 5.78. The molecule has 1 aromatic rings. The quantitative estimate of drug-likeness (QED) is 0.755. The van der Waals surface area contributed by atoms with Gasteiger partial charge in [-0.15, -0.1) is 0 Å². The predicted octanol–water partition coefficient (Wildman–Crippen LogP) is 2.10. The van der Waals surface area contributed by atoms with Crippen molar-refractivity contribution in [3.8, 4) is 6.07 Å². The number of nitrogens with zero attached hydrogens (tertiary/aromatic N) is 5. The molecule has 1 aromatic heterocycles. The Morgan fingerprint density at radius 3 is 2.45 bits per heavy atom. The number of piperazine rings is 1. The van der Waals surface area contributed by atoms with Crippen LogP contribution in [-0.4, -0.2) is 72.1 Å². The van der Waals surface area contributed by atoms with Gasteiger partial charge in [-0.1, -0.05) is 0 Å². The SMILES string of the molecule is CCN(CC)C(=O)CN1CCN(c2nc(C)c3c(c2C#N)CC(C)(C)OC3)CC1. The molecule has 2 aliphatic rings. The fraction of sp³-hybridized carbons (Fsp3) is 0.682. The van der Waals surface area contributed by atoms with E-state index in [-0.39, 0.29) is 11.5 Å². The van der Waals surface area contributed by atoms with Crippen molar-refractivity contribution in [2.75, 3.05) is 50.7 Å². The summed E-state index contributed by atoms with van der Waals surface area (Å²) in [5.41, 5.74) is 3.52. The van der Waals surface area contributed by atoms with Crippen LogP contribution in [0.4, 0.5) is 5.82 Å². The fourth-order valence-corrected chi connectivity index (χ4v) is 4.25. The number of likely N-dealkylation sites (N-methyl/N-ethyl adjacent to an activating group) is 1. The Morgan fingerprint density at radius 1 is 1.21 bits per heavy atom. The van der Waals surface area contributed by atoms with Gasteiger partial charge in [-0.25, -0.2) is 4.98 Å². The van der Waals surface area contributed by atoms with E-state index in [0.29, 0.717) is 18.7 Å². The number of hydrogen-bond acceptors (Lipinski definition) is 6. The molecule has 7 heteroatoms. The number of carbonyl (C=O) groups excluding carboxylic acids is 1. The van der Waals surface area contributed by atoms with Crippen LogP contribution in [0.5, 0.6) is 0 Å². The molecule has 0 unspecified atom stereocenters. The number of hydrogen-bond donors (Lipinski definition) is 0. The number of aryl methyl sites for hydroxylation is 1. The molecule has 0 spiro atoms. The summed E-state index contributed by atoms with van der Waals surface area (Å²) in [4.78, 5) is 23.5. The molecular weight excluding hydrogens is 366 g/mol. The molecular formula is C22H33N5O2. The third-order valence-electron chi connectivity index (χ3n) is 6.07. The van der Waals surface area contributed by atoms with Gasteiger partial charge in [0.05, 0.1) is 24.3 Å². The number of pyridine rings is 1. The molecule has 1 fully saturated rings. The van der Waals surface area contributed by atoms with E-state index in [1.54, 1.807) is 0 Å². The second kappa shape index (κ2) is 8.68. The molecule has 0 N–H and O–H groups in total. The highest BCUT2D eigenvalue weighted by Gasteiger charge is 2.32. The van der Waals surface area contributed by atoms with Gasteiger partial charge in [0.1, 0.15) is 11.9 Å². The maximum Gasteiger partial charge on any atom is 0.236 e. The molecule has 3 rings (SSSR count). The third-order valence-corrected chi connectivity index (χ3v) is 6.07. The molecule has 0 saturated carbocycles. The van der Waals surface area contributed by atoms with E-state index in [2.05, 4.69) is 29.7 Å². The van der Waals surface area contributed by atoms with Gasteiger partial charge in [-0.2, -0.15) is 5.26 Å². The van der Waals surface area contributed by atoms with Crippen LogP contribution in [-0.2, 0) is 22.6 Å². The van der Waals surface area contributed by atoms with E-state index in [1.807, 2.05) is 25.7 Å². The van der Waals surface area contributed by atoms with Crippen molar-refractivity contribution in [3.05, 3.63) is 22.4 Å². The smallest absolute Gasteiger partial charge is 0.236 e. The first-order chi connectivity index (χ1) is 13.8. The number of amides is 1. The van der Waals surface area contributed by atoms with Crippen LogP contribution in [0.3, 0.4) is 0 Å². The van der Waals surface area contributed by atoms with Gasteiger partial charge in [0.15, 0.2) is 0 Å². The molecule has 2 aliphatic heterocycles. The summed E-state index contributed by atoms with van der Waals surface area (Å²) in [6.45, 7) is 15.8. The second-order valence-electron chi connectivity index (χ2n) is 8.52. The lowest BCUT2D eigenvalue weighted by Crippen LogP contribution is -2.50. The number of carbonyl (C=O) groups is 1. The van der Waals surface area contributed by atoms with Crippen molar-refractivity contribution in [2.45, 2.75) is 53.2 Å². The fourth-order valence-electron chi connectivity index (χ4n) is 4.25. The van der Waals surface area contributed by atoms with Gasteiger partial charge in [0.25, 0.3) is 0 Å². The molecule has 158 valence electrons. The first kappa shape index (κ1) is 21.5. The molecule has 7 nitrogen and oxygen atoms in total. The summed E-state index contributed by atoms with van der Waals surface area (Å²) in [5.74, 6) is 0.974. The predicted molar refractivity (Wildman–Crippen MR) is 113 cm³/mol. The van der Waals surface area contributed by atoms with Crippen LogP contribution < -0.4 is 4.90 Å². The zero-order valence-electron chi connectivity index (χ0n) is 18.4. The lowest BCUT2D eigenvalue weighted by Gasteiger charge is -2.38. The number of rotatable bonds is 5. The molecule has 0 aliphatic carbocycles.